The van der Waals surface area contributed by atoms with Gasteiger partial charge in [0.25, 0.3) is 5.91 Å². The van der Waals surface area contributed by atoms with E-state index < -0.39 is 0 Å². The Labute approximate surface area is 108 Å². The molecule has 19 heavy (non-hydrogen) atoms. The van der Waals surface area contributed by atoms with Crippen LogP contribution in [0.3, 0.4) is 0 Å². The number of benzene rings is 1. The molecule has 0 fully saturated rings. The molecular weight excluding hydrogens is 244 g/mol. The molecule has 0 saturated carbocycles. The number of aromatic hydroxyl groups is 1. The number of rotatable bonds is 2. The SMILES string of the molecule is O=C1NN=C(c2ccco2)/C1=C/c1cccc(O)c1. The molecule has 0 radical (unpaired) electrons. The Morgan fingerprint density at radius 3 is 2.89 bits per heavy atom. The molecule has 0 spiro atoms. The minimum absolute atomic E-state index is 0.143. The third kappa shape index (κ3) is 2.13. The zero-order chi connectivity index (χ0) is 13.2. The minimum Gasteiger partial charge on any atom is -0.508 e. The topological polar surface area (TPSA) is 74.8 Å². The molecule has 1 aliphatic rings. The van der Waals surface area contributed by atoms with E-state index in [4.69, 9.17) is 4.42 Å². The van der Waals surface area contributed by atoms with E-state index in [0.717, 1.165) is 0 Å². The zero-order valence-corrected chi connectivity index (χ0v) is 9.83. The molecule has 1 aliphatic heterocycles. The molecule has 0 unspecified atom stereocenters. The second-order valence-corrected chi connectivity index (χ2v) is 4.03. The second-order valence-electron chi connectivity index (χ2n) is 4.03. The van der Waals surface area contributed by atoms with Crippen molar-refractivity contribution >= 4 is 17.7 Å². The maximum Gasteiger partial charge on any atom is 0.273 e. The molecule has 3 rings (SSSR count). The Hall–Kier alpha value is -2.82. The summed E-state index contributed by atoms with van der Waals surface area (Å²) in [5.41, 5.74) is 3.98. The summed E-state index contributed by atoms with van der Waals surface area (Å²) in [6.45, 7) is 0. The van der Waals surface area contributed by atoms with Crippen LogP contribution in [0, 0.1) is 0 Å². The molecule has 1 aromatic carbocycles. The van der Waals surface area contributed by atoms with Gasteiger partial charge in [-0.2, -0.15) is 5.10 Å². The Kier molecular flexibility index (Phi) is 2.64. The van der Waals surface area contributed by atoms with Crippen LogP contribution in [0.2, 0.25) is 0 Å². The number of furan rings is 1. The van der Waals surface area contributed by atoms with Crippen LogP contribution >= 0.6 is 0 Å². The highest BCUT2D eigenvalue weighted by molar-refractivity contribution is 6.32. The van der Waals surface area contributed by atoms with E-state index in [2.05, 4.69) is 10.5 Å². The largest absolute Gasteiger partial charge is 0.508 e. The first-order valence-electron chi connectivity index (χ1n) is 5.67. The highest BCUT2D eigenvalue weighted by atomic mass is 16.3. The van der Waals surface area contributed by atoms with E-state index in [0.29, 0.717) is 22.6 Å². The second kappa shape index (κ2) is 4.45. The molecule has 0 saturated heterocycles. The third-order valence-electron chi connectivity index (χ3n) is 2.70. The first-order valence-corrected chi connectivity index (χ1v) is 5.67. The lowest BCUT2D eigenvalue weighted by Crippen LogP contribution is -2.13. The van der Waals surface area contributed by atoms with Crippen LogP contribution in [-0.2, 0) is 4.79 Å². The molecule has 5 heteroatoms. The van der Waals surface area contributed by atoms with E-state index in [-0.39, 0.29) is 11.7 Å². The van der Waals surface area contributed by atoms with Crippen LogP contribution in [0.4, 0.5) is 0 Å². The number of carbonyl (C=O) groups is 1. The summed E-state index contributed by atoms with van der Waals surface area (Å²) in [6, 6.07) is 10.1. The van der Waals surface area contributed by atoms with Crippen LogP contribution in [0.1, 0.15) is 11.3 Å². The number of hydrazone groups is 1. The Morgan fingerprint density at radius 1 is 1.26 bits per heavy atom. The Bertz CT molecular complexity index is 684. The molecule has 1 amide bonds. The van der Waals surface area contributed by atoms with E-state index in [9.17, 15) is 9.90 Å². The highest BCUT2D eigenvalue weighted by Gasteiger charge is 2.25. The summed E-state index contributed by atoms with van der Waals surface area (Å²) in [7, 11) is 0. The monoisotopic (exact) mass is 254 g/mol. The van der Waals surface area contributed by atoms with Gasteiger partial charge in [0.05, 0.1) is 11.8 Å². The maximum absolute atomic E-state index is 11.8. The number of phenols is 1. The van der Waals surface area contributed by atoms with Crippen molar-refractivity contribution in [2.75, 3.05) is 0 Å². The number of hydrogen-bond donors (Lipinski definition) is 2. The predicted octanol–water partition coefficient (Wildman–Crippen LogP) is 1.90. The lowest BCUT2D eigenvalue weighted by molar-refractivity contribution is -0.116. The summed E-state index contributed by atoms with van der Waals surface area (Å²) in [5.74, 6) is 0.365. The molecule has 2 heterocycles. The van der Waals surface area contributed by atoms with Gasteiger partial charge in [-0.15, -0.1) is 0 Å². The van der Waals surface area contributed by atoms with Crippen LogP contribution in [-0.4, -0.2) is 16.7 Å². The quantitative estimate of drug-likeness (QED) is 0.804. The number of amides is 1. The van der Waals surface area contributed by atoms with Gasteiger partial charge >= 0.3 is 0 Å². The van der Waals surface area contributed by atoms with E-state index >= 15 is 0 Å². The Balaban J connectivity index is 2.02. The van der Waals surface area contributed by atoms with Crippen molar-refractivity contribution in [2.45, 2.75) is 0 Å². The maximum atomic E-state index is 11.8. The van der Waals surface area contributed by atoms with Gasteiger partial charge in [-0.3, -0.25) is 4.79 Å². The number of carbonyl (C=O) groups excluding carboxylic acids is 1. The van der Waals surface area contributed by atoms with Gasteiger partial charge < -0.3 is 9.52 Å². The number of nitrogens with zero attached hydrogens (tertiary/aromatic N) is 1. The van der Waals surface area contributed by atoms with E-state index in [1.807, 2.05) is 0 Å². The standard InChI is InChI=1S/C14H10N2O3/c17-10-4-1-3-9(7-10)8-11-13(15-16-14(11)18)12-5-2-6-19-12/h1-8,17H,(H,16,18)/b11-8-. The van der Waals surface area contributed by atoms with Crippen molar-refractivity contribution in [2.24, 2.45) is 5.10 Å². The molecule has 0 bridgehead atoms. The fraction of sp³-hybridized carbons (Fsp3) is 0. The summed E-state index contributed by atoms with van der Waals surface area (Å²) in [4.78, 5) is 11.8. The molecule has 5 nitrogen and oxygen atoms in total. The number of hydrogen-bond acceptors (Lipinski definition) is 4. The fourth-order valence-corrected chi connectivity index (χ4v) is 1.85. The van der Waals surface area contributed by atoms with Crippen molar-refractivity contribution < 1.29 is 14.3 Å². The summed E-state index contributed by atoms with van der Waals surface area (Å²) in [6.07, 6.45) is 3.18. The predicted molar refractivity (Wildman–Crippen MR) is 69.5 cm³/mol. The van der Waals surface area contributed by atoms with Crippen LogP contribution in [0.15, 0.2) is 57.8 Å². The van der Waals surface area contributed by atoms with Crippen LogP contribution < -0.4 is 5.43 Å². The van der Waals surface area contributed by atoms with Gasteiger partial charge in [0.1, 0.15) is 11.5 Å². The van der Waals surface area contributed by atoms with Gasteiger partial charge in [0, 0.05) is 0 Å². The zero-order valence-electron chi connectivity index (χ0n) is 9.83. The van der Waals surface area contributed by atoms with Crippen LogP contribution in [0.5, 0.6) is 5.75 Å². The van der Waals surface area contributed by atoms with Crippen molar-refractivity contribution in [1.82, 2.24) is 5.43 Å². The average Bonchev–Trinajstić information content (AvgIpc) is 3.01. The van der Waals surface area contributed by atoms with Crippen molar-refractivity contribution in [3.63, 3.8) is 0 Å². The number of phenolic OH excluding ortho intramolecular Hbond substituents is 1. The Morgan fingerprint density at radius 2 is 2.16 bits per heavy atom. The third-order valence-corrected chi connectivity index (χ3v) is 2.70. The lowest BCUT2D eigenvalue weighted by atomic mass is 10.0. The highest BCUT2D eigenvalue weighted by Crippen LogP contribution is 2.20. The van der Waals surface area contributed by atoms with Gasteiger partial charge in [0.2, 0.25) is 0 Å². The average molecular weight is 254 g/mol. The van der Waals surface area contributed by atoms with Gasteiger partial charge in [-0.05, 0) is 35.9 Å². The lowest BCUT2D eigenvalue weighted by Gasteiger charge is -1.99. The first-order chi connectivity index (χ1) is 9.24. The molecule has 2 aromatic rings. The van der Waals surface area contributed by atoms with Gasteiger partial charge in [0.15, 0.2) is 5.76 Å². The van der Waals surface area contributed by atoms with E-state index in [1.54, 1.807) is 42.5 Å². The first kappa shape index (κ1) is 11.3. The van der Waals surface area contributed by atoms with Gasteiger partial charge in [-0.1, -0.05) is 12.1 Å². The summed E-state index contributed by atoms with van der Waals surface area (Å²) < 4.78 is 5.24. The van der Waals surface area contributed by atoms with Gasteiger partial charge in [-0.25, -0.2) is 5.43 Å². The fourth-order valence-electron chi connectivity index (χ4n) is 1.85. The normalized spacial score (nSPS) is 16.5. The van der Waals surface area contributed by atoms with Crippen molar-refractivity contribution in [3.8, 4) is 5.75 Å². The molecular formula is C14H10N2O3. The molecule has 1 aromatic heterocycles. The molecule has 94 valence electrons. The molecule has 0 atom stereocenters. The minimum atomic E-state index is -0.297. The summed E-state index contributed by atoms with van der Waals surface area (Å²) in [5, 5.41) is 13.4. The van der Waals surface area contributed by atoms with Crippen molar-refractivity contribution in [3.05, 3.63) is 59.6 Å². The van der Waals surface area contributed by atoms with Crippen molar-refractivity contribution in [1.29, 1.82) is 0 Å². The van der Waals surface area contributed by atoms with Crippen LogP contribution in [0.25, 0.3) is 6.08 Å². The van der Waals surface area contributed by atoms with E-state index in [1.165, 1.54) is 6.26 Å². The molecule has 2 N–H and O–H groups in total. The summed E-state index contributed by atoms with van der Waals surface area (Å²) >= 11 is 0. The number of nitrogens with one attached hydrogen (secondary N) is 1. The molecule has 0 aliphatic carbocycles. The smallest absolute Gasteiger partial charge is 0.273 e.